The quantitative estimate of drug-likeness (QED) is 0.499. The number of benzene rings is 1. The topological polar surface area (TPSA) is 113 Å². The molecule has 3 rings (SSSR count). The number of aromatic hydroxyl groups is 1. The predicted octanol–water partition coefficient (Wildman–Crippen LogP) is 2.62. The monoisotopic (exact) mass is 500 g/mol. The standard InChI is InChI=1S/C26H33FN4O5/c1-15-13-16(7-9-17(15)27)8-10-19(32)20-21(33)23(34)31-14-26(2,3)12-11-18(22(31)28-20)30(6)25(36)24(35)29(4)5/h7,9,13,18,33H,8,10-12,14H2,1-6H3/t18-/m1/s1. The number of amides is 2. The van der Waals surface area contributed by atoms with Gasteiger partial charge in [-0.15, -0.1) is 0 Å². The third-order valence-electron chi connectivity index (χ3n) is 6.66. The van der Waals surface area contributed by atoms with Gasteiger partial charge in [-0.25, -0.2) is 9.37 Å². The molecule has 0 bridgehead atoms. The zero-order valence-corrected chi connectivity index (χ0v) is 21.6. The zero-order chi connectivity index (χ0) is 26.9. The summed E-state index contributed by atoms with van der Waals surface area (Å²) in [5.74, 6) is -2.96. The number of aryl methyl sites for hydroxylation is 2. The van der Waals surface area contributed by atoms with Gasteiger partial charge in [0.15, 0.2) is 11.5 Å². The van der Waals surface area contributed by atoms with Crippen molar-refractivity contribution in [2.24, 2.45) is 5.41 Å². The van der Waals surface area contributed by atoms with Gasteiger partial charge in [-0.05, 0) is 48.8 Å². The molecule has 1 aromatic carbocycles. The van der Waals surface area contributed by atoms with Crippen LogP contribution in [0.25, 0.3) is 0 Å². The number of rotatable bonds is 5. The summed E-state index contributed by atoms with van der Waals surface area (Å²) in [5, 5.41) is 10.7. The van der Waals surface area contributed by atoms with Gasteiger partial charge >= 0.3 is 11.8 Å². The van der Waals surface area contributed by atoms with E-state index in [-0.39, 0.29) is 42.1 Å². The fourth-order valence-electron chi connectivity index (χ4n) is 4.42. The molecule has 1 N–H and O–H groups in total. The molecule has 0 saturated carbocycles. The van der Waals surface area contributed by atoms with Crippen molar-refractivity contribution in [3.63, 3.8) is 0 Å². The Morgan fingerprint density at radius 3 is 2.47 bits per heavy atom. The Hall–Kier alpha value is -3.56. The van der Waals surface area contributed by atoms with Crippen molar-refractivity contribution >= 4 is 17.6 Å². The van der Waals surface area contributed by atoms with Crippen molar-refractivity contribution in [2.45, 2.75) is 59.0 Å². The second-order valence-corrected chi connectivity index (χ2v) is 10.4. The van der Waals surface area contributed by atoms with E-state index in [1.54, 1.807) is 19.1 Å². The SMILES string of the molecule is Cc1cc(CCC(=O)c2nc3n(c(=O)c2O)CC(C)(C)CC[C@H]3N(C)C(=O)C(=O)N(C)C)ccc1F. The lowest BCUT2D eigenvalue weighted by Crippen LogP contribution is -2.43. The number of fused-ring (bicyclic) bond motifs is 1. The van der Waals surface area contributed by atoms with Gasteiger partial charge in [0.1, 0.15) is 11.6 Å². The maximum Gasteiger partial charge on any atom is 0.312 e. The van der Waals surface area contributed by atoms with Crippen molar-refractivity contribution in [1.29, 1.82) is 0 Å². The summed E-state index contributed by atoms with van der Waals surface area (Å²) in [7, 11) is 4.41. The second-order valence-electron chi connectivity index (χ2n) is 10.4. The summed E-state index contributed by atoms with van der Waals surface area (Å²) < 4.78 is 14.9. The number of carbonyl (C=O) groups is 3. The molecule has 1 aromatic heterocycles. The summed E-state index contributed by atoms with van der Waals surface area (Å²) in [5.41, 5.74) is -0.298. The van der Waals surface area contributed by atoms with Crippen molar-refractivity contribution in [1.82, 2.24) is 19.4 Å². The lowest BCUT2D eigenvalue weighted by molar-refractivity contribution is -0.151. The fraction of sp³-hybridized carbons (Fsp3) is 0.500. The average molecular weight is 501 g/mol. The van der Waals surface area contributed by atoms with Gasteiger partial charge in [-0.2, -0.15) is 0 Å². The largest absolute Gasteiger partial charge is 0.501 e. The van der Waals surface area contributed by atoms with Crippen molar-refractivity contribution in [3.05, 3.63) is 57.0 Å². The Kier molecular flexibility index (Phi) is 7.66. The maximum absolute atomic E-state index is 13.6. The third-order valence-corrected chi connectivity index (χ3v) is 6.66. The molecule has 0 saturated heterocycles. The molecule has 9 nitrogen and oxygen atoms in total. The highest BCUT2D eigenvalue weighted by atomic mass is 19.1. The molecule has 1 aliphatic rings. The minimum Gasteiger partial charge on any atom is -0.501 e. The Morgan fingerprint density at radius 1 is 1.19 bits per heavy atom. The highest BCUT2D eigenvalue weighted by Gasteiger charge is 2.37. The predicted molar refractivity (Wildman–Crippen MR) is 131 cm³/mol. The lowest BCUT2D eigenvalue weighted by Gasteiger charge is -2.28. The van der Waals surface area contributed by atoms with E-state index in [0.29, 0.717) is 18.4 Å². The fourth-order valence-corrected chi connectivity index (χ4v) is 4.42. The first-order valence-corrected chi connectivity index (χ1v) is 11.8. The molecule has 2 heterocycles. The molecule has 1 aliphatic heterocycles. The zero-order valence-electron chi connectivity index (χ0n) is 21.6. The molecule has 0 fully saturated rings. The van der Waals surface area contributed by atoms with E-state index in [1.807, 2.05) is 13.8 Å². The van der Waals surface area contributed by atoms with E-state index in [9.17, 15) is 28.7 Å². The maximum atomic E-state index is 13.6. The van der Waals surface area contributed by atoms with Gasteiger partial charge in [-0.3, -0.25) is 23.7 Å². The minimum atomic E-state index is -0.766. The first-order chi connectivity index (χ1) is 16.7. The number of aromatic nitrogens is 2. The van der Waals surface area contributed by atoms with Crippen LogP contribution in [0.4, 0.5) is 4.39 Å². The van der Waals surface area contributed by atoms with Crippen molar-refractivity contribution < 1.29 is 23.9 Å². The Labute approximate surface area is 209 Å². The Balaban J connectivity index is 2.02. The lowest BCUT2D eigenvalue weighted by atomic mass is 9.87. The number of likely N-dealkylation sites (N-methyl/N-ethyl adjacent to an activating group) is 2. The molecular weight excluding hydrogens is 467 g/mol. The van der Waals surface area contributed by atoms with E-state index in [2.05, 4.69) is 4.98 Å². The third kappa shape index (κ3) is 5.47. The first kappa shape index (κ1) is 27.0. The first-order valence-electron chi connectivity index (χ1n) is 11.8. The van der Waals surface area contributed by atoms with E-state index in [0.717, 1.165) is 5.56 Å². The molecule has 0 unspecified atom stereocenters. The normalized spacial score (nSPS) is 16.6. The molecule has 2 aromatic rings. The number of halogens is 1. The Bertz CT molecular complexity index is 1270. The summed E-state index contributed by atoms with van der Waals surface area (Å²) >= 11 is 0. The molecule has 0 spiro atoms. The highest BCUT2D eigenvalue weighted by molar-refractivity contribution is 6.34. The second kappa shape index (κ2) is 10.2. The summed E-state index contributed by atoms with van der Waals surface area (Å²) in [6.07, 6.45) is 1.24. The van der Waals surface area contributed by atoms with Crippen LogP contribution in [0.2, 0.25) is 0 Å². The molecule has 194 valence electrons. The smallest absolute Gasteiger partial charge is 0.312 e. The van der Waals surface area contributed by atoms with E-state index in [4.69, 9.17) is 0 Å². The van der Waals surface area contributed by atoms with E-state index < -0.39 is 34.9 Å². The molecule has 1 atom stereocenters. The van der Waals surface area contributed by atoms with Crippen LogP contribution in [0.3, 0.4) is 0 Å². The number of hydrogen-bond acceptors (Lipinski definition) is 6. The van der Waals surface area contributed by atoms with Crippen molar-refractivity contribution in [3.8, 4) is 5.75 Å². The Morgan fingerprint density at radius 2 is 1.86 bits per heavy atom. The highest BCUT2D eigenvalue weighted by Crippen LogP contribution is 2.36. The number of carbonyl (C=O) groups excluding carboxylic acids is 3. The van der Waals surface area contributed by atoms with Crippen LogP contribution < -0.4 is 5.56 Å². The molecule has 36 heavy (non-hydrogen) atoms. The number of hydrogen-bond donors (Lipinski definition) is 1. The summed E-state index contributed by atoms with van der Waals surface area (Å²) in [6, 6.07) is 3.80. The van der Waals surface area contributed by atoms with Crippen LogP contribution in [-0.4, -0.2) is 63.2 Å². The number of Topliss-reactive ketones (excluding diaryl/α,β-unsaturated/α-hetero) is 1. The molecular formula is C26H33FN4O5. The number of nitrogens with zero attached hydrogens (tertiary/aromatic N) is 4. The van der Waals surface area contributed by atoms with Crippen LogP contribution in [-0.2, 0) is 22.6 Å². The van der Waals surface area contributed by atoms with Gasteiger partial charge in [-0.1, -0.05) is 26.0 Å². The average Bonchev–Trinajstić information content (AvgIpc) is 2.95. The van der Waals surface area contributed by atoms with E-state index in [1.165, 1.54) is 41.6 Å². The van der Waals surface area contributed by atoms with E-state index >= 15 is 0 Å². The summed E-state index contributed by atoms with van der Waals surface area (Å²) in [6.45, 7) is 5.77. The molecule has 2 amide bonds. The van der Waals surface area contributed by atoms with Crippen molar-refractivity contribution in [2.75, 3.05) is 21.1 Å². The summed E-state index contributed by atoms with van der Waals surface area (Å²) in [4.78, 5) is 58.3. The van der Waals surface area contributed by atoms with Crippen LogP contribution in [0.15, 0.2) is 23.0 Å². The number of ketones is 1. The molecule has 0 aliphatic carbocycles. The van der Waals surface area contributed by atoms with Gasteiger partial charge in [0.2, 0.25) is 5.75 Å². The van der Waals surface area contributed by atoms with Gasteiger partial charge in [0.25, 0.3) is 5.56 Å². The van der Waals surface area contributed by atoms with Crippen LogP contribution in [0.5, 0.6) is 5.75 Å². The van der Waals surface area contributed by atoms with Gasteiger partial charge in [0.05, 0.1) is 6.04 Å². The van der Waals surface area contributed by atoms with Crippen LogP contribution in [0, 0.1) is 18.2 Å². The van der Waals surface area contributed by atoms with Crippen LogP contribution in [0.1, 0.15) is 66.6 Å². The van der Waals surface area contributed by atoms with Gasteiger partial charge < -0.3 is 14.9 Å². The van der Waals surface area contributed by atoms with Crippen LogP contribution >= 0.6 is 0 Å². The van der Waals surface area contributed by atoms with Gasteiger partial charge in [0, 0.05) is 34.1 Å². The molecule has 10 heteroatoms. The molecule has 0 radical (unpaired) electrons. The minimum absolute atomic E-state index is 0.0570.